The van der Waals surface area contributed by atoms with Crippen LogP contribution < -0.4 is 11.2 Å². The van der Waals surface area contributed by atoms with E-state index < -0.39 is 0 Å². The van der Waals surface area contributed by atoms with Crippen LogP contribution in [-0.4, -0.2) is 23.8 Å². The molecule has 136 valence electrons. The SMILES string of the molecule is CN(N)C(=N)c1ccc(-c2ccccc2)cc1NC(=O)c1cccc(Br)c1. The first kappa shape index (κ1) is 18.8. The van der Waals surface area contributed by atoms with Gasteiger partial charge in [-0.05, 0) is 41.5 Å². The Morgan fingerprint density at radius 3 is 2.41 bits per heavy atom. The van der Waals surface area contributed by atoms with Crippen molar-refractivity contribution in [3.63, 3.8) is 0 Å². The summed E-state index contributed by atoms with van der Waals surface area (Å²) in [5.41, 5.74) is 3.56. The van der Waals surface area contributed by atoms with Crippen LogP contribution in [-0.2, 0) is 0 Å². The van der Waals surface area contributed by atoms with E-state index in [0.717, 1.165) is 15.6 Å². The largest absolute Gasteiger partial charge is 0.321 e. The number of carbonyl (C=O) groups is 1. The second-order valence-corrected chi connectivity index (χ2v) is 6.97. The third-order valence-corrected chi connectivity index (χ3v) is 4.56. The van der Waals surface area contributed by atoms with Crippen LogP contribution in [0.5, 0.6) is 0 Å². The molecule has 0 aliphatic rings. The van der Waals surface area contributed by atoms with Gasteiger partial charge in [0.15, 0.2) is 0 Å². The highest BCUT2D eigenvalue weighted by atomic mass is 79.9. The molecule has 1 amide bonds. The van der Waals surface area contributed by atoms with Crippen LogP contribution in [0.1, 0.15) is 15.9 Å². The Hall–Kier alpha value is -2.96. The molecule has 6 heteroatoms. The molecule has 0 aromatic heterocycles. The fourth-order valence-electron chi connectivity index (χ4n) is 2.68. The molecular formula is C21H19BrN4O. The molecule has 27 heavy (non-hydrogen) atoms. The summed E-state index contributed by atoms with van der Waals surface area (Å²) < 4.78 is 0.822. The molecule has 0 heterocycles. The molecule has 3 aromatic rings. The number of halogens is 1. The quantitative estimate of drug-likeness (QED) is 0.250. The predicted molar refractivity (Wildman–Crippen MR) is 113 cm³/mol. The first-order valence-corrected chi connectivity index (χ1v) is 9.09. The fourth-order valence-corrected chi connectivity index (χ4v) is 3.08. The molecule has 4 N–H and O–H groups in total. The summed E-state index contributed by atoms with van der Waals surface area (Å²) in [5.74, 6) is 5.59. The van der Waals surface area contributed by atoms with Crippen molar-refractivity contribution in [2.75, 3.05) is 12.4 Å². The van der Waals surface area contributed by atoms with Crippen LogP contribution in [0.3, 0.4) is 0 Å². The van der Waals surface area contributed by atoms with Crippen LogP contribution in [0.25, 0.3) is 11.1 Å². The minimum atomic E-state index is -0.254. The zero-order valence-corrected chi connectivity index (χ0v) is 16.3. The van der Waals surface area contributed by atoms with Crippen molar-refractivity contribution in [3.05, 3.63) is 88.4 Å². The molecule has 0 saturated carbocycles. The van der Waals surface area contributed by atoms with Gasteiger partial charge in [-0.3, -0.25) is 15.2 Å². The van der Waals surface area contributed by atoms with E-state index in [1.165, 1.54) is 5.01 Å². The number of anilines is 1. The van der Waals surface area contributed by atoms with Crippen LogP contribution in [0.4, 0.5) is 5.69 Å². The average Bonchev–Trinajstić information content (AvgIpc) is 2.68. The highest BCUT2D eigenvalue weighted by Gasteiger charge is 2.15. The molecule has 3 aromatic carbocycles. The molecular weight excluding hydrogens is 404 g/mol. The third kappa shape index (κ3) is 4.42. The Morgan fingerprint density at radius 1 is 1.00 bits per heavy atom. The van der Waals surface area contributed by atoms with Crippen molar-refractivity contribution in [1.29, 1.82) is 5.41 Å². The Kier molecular flexibility index (Phi) is 5.69. The van der Waals surface area contributed by atoms with Gasteiger partial charge in [-0.25, -0.2) is 5.84 Å². The van der Waals surface area contributed by atoms with E-state index in [4.69, 9.17) is 11.3 Å². The van der Waals surface area contributed by atoms with Crippen LogP contribution in [0.2, 0.25) is 0 Å². The number of rotatable bonds is 4. The maximum Gasteiger partial charge on any atom is 0.255 e. The summed E-state index contributed by atoms with van der Waals surface area (Å²) >= 11 is 3.38. The van der Waals surface area contributed by atoms with Gasteiger partial charge in [0, 0.05) is 22.6 Å². The van der Waals surface area contributed by atoms with Gasteiger partial charge in [-0.1, -0.05) is 58.4 Å². The first-order chi connectivity index (χ1) is 13.0. The lowest BCUT2D eigenvalue weighted by Gasteiger charge is -2.18. The van der Waals surface area contributed by atoms with E-state index in [1.54, 1.807) is 31.3 Å². The topological polar surface area (TPSA) is 82.2 Å². The number of nitrogens with zero attached hydrogens (tertiary/aromatic N) is 1. The normalized spacial score (nSPS) is 10.3. The van der Waals surface area contributed by atoms with E-state index in [2.05, 4.69) is 21.2 Å². The monoisotopic (exact) mass is 422 g/mol. The Bertz CT molecular complexity index is 986. The first-order valence-electron chi connectivity index (χ1n) is 8.29. The molecule has 0 unspecified atom stereocenters. The van der Waals surface area contributed by atoms with Gasteiger partial charge in [-0.15, -0.1) is 0 Å². The van der Waals surface area contributed by atoms with Crippen molar-refractivity contribution in [2.45, 2.75) is 0 Å². The zero-order valence-electron chi connectivity index (χ0n) is 14.7. The average molecular weight is 423 g/mol. The van der Waals surface area contributed by atoms with Gasteiger partial charge in [0.1, 0.15) is 5.84 Å². The smallest absolute Gasteiger partial charge is 0.255 e. The lowest BCUT2D eigenvalue weighted by atomic mass is 10.0. The number of amides is 1. The lowest BCUT2D eigenvalue weighted by molar-refractivity contribution is 0.102. The number of nitrogens with two attached hydrogens (primary N) is 1. The number of nitrogens with one attached hydrogen (secondary N) is 2. The van der Waals surface area contributed by atoms with E-state index in [0.29, 0.717) is 16.8 Å². The van der Waals surface area contributed by atoms with Gasteiger partial charge in [0.05, 0.1) is 5.69 Å². The van der Waals surface area contributed by atoms with E-state index >= 15 is 0 Å². The summed E-state index contributed by atoms with van der Waals surface area (Å²) in [7, 11) is 1.59. The number of carbonyl (C=O) groups excluding carboxylic acids is 1. The maximum absolute atomic E-state index is 12.7. The fraction of sp³-hybridized carbons (Fsp3) is 0.0476. The van der Waals surface area contributed by atoms with E-state index in [-0.39, 0.29) is 11.7 Å². The van der Waals surface area contributed by atoms with Crippen molar-refractivity contribution in [2.24, 2.45) is 5.84 Å². The van der Waals surface area contributed by atoms with Gasteiger partial charge in [-0.2, -0.15) is 0 Å². The third-order valence-electron chi connectivity index (χ3n) is 4.07. The molecule has 0 aliphatic carbocycles. The van der Waals surface area contributed by atoms with E-state index in [1.807, 2.05) is 48.5 Å². The van der Waals surface area contributed by atoms with Crippen LogP contribution in [0, 0.1) is 5.41 Å². The number of hydrogen-bond acceptors (Lipinski definition) is 3. The lowest BCUT2D eigenvalue weighted by Crippen LogP contribution is -2.33. The van der Waals surface area contributed by atoms with Crippen LogP contribution >= 0.6 is 15.9 Å². The van der Waals surface area contributed by atoms with Crippen molar-refractivity contribution >= 4 is 33.4 Å². The summed E-state index contributed by atoms with van der Waals surface area (Å²) in [6, 6.07) is 22.6. The summed E-state index contributed by atoms with van der Waals surface area (Å²) in [6.07, 6.45) is 0. The van der Waals surface area contributed by atoms with Crippen molar-refractivity contribution in [1.82, 2.24) is 5.01 Å². The molecule has 0 bridgehead atoms. The maximum atomic E-state index is 12.7. The van der Waals surface area contributed by atoms with Gasteiger partial charge in [0.25, 0.3) is 5.91 Å². The Balaban J connectivity index is 2.01. The molecule has 0 aliphatic heterocycles. The number of hydrazine groups is 1. The molecule has 0 atom stereocenters. The minimum absolute atomic E-state index is 0.110. The second-order valence-electron chi connectivity index (χ2n) is 6.05. The summed E-state index contributed by atoms with van der Waals surface area (Å²) in [4.78, 5) is 12.7. The van der Waals surface area contributed by atoms with E-state index in [9.17, 15) is 4.79 Å². The molecule has 0 radical (unpaired) electrons. The molecule has 5 nitrogen and oxygen atoms in total. The minimum Gasteiger partial charge on any atom is -0.321 e. The standard InChI is InChI=1S/C21H19BrN4O/c1-26(24)20(23)18-11-10-15(14-6-3-2-4-7-14)13-19(18)25-21(27)16-8-5-9-17(22)12-16/h2-13,23H,24H2,1H3,(H,25,27). The van der Waals surface area contributed by atoms with Crippen molar-refractivity contribution < 1.29 is 4.79 Å². The zero-order chi connectivity index (χ0) is 19.4. The molecule has 3 rings (SSSR count). The Morgan fingerprint density at radius 2 is 1.74 bits per heavy atom. The Labute approximate surface area is 166 Å². The number of hydrogen-bond donors (Lipinski definition) is 3. The van der Waals surface area contributed by atoms with Gasteiger partial charge in [0.2, 0.25) is 0 Å². The van der Waals surface area contributed by atoms with Crippen molar-refractivity contribution in [3.8, 4) is 11.1 Å². The van der Waals surface area contributed by atoms with Gasteiger partial charge >= 0.3 is 0 Å². The molecule has 0 saturated heterocycles. The highest BCUT2D eigenvalue weighted by Crippen LogP contribution is 2.27. The second kappa shape index (κ2) is 8.16. The predicted octanol–water partition coefficient (Wildman–Crippen LogP) is 4.50. The number of benzene rings is 3. The van der Waals surface area contributed by atoms with Crippen LogP contribution in [0.15, 0.2) is 77.3 Å². The van der Waals surface area contributed by atoms with Gasteiger partial charge < -0.3 is 5.32 Å². The summed E-state index contributed by atoms with van der Waals surface area (Å²) in [5, 5.41) is 12.4. The highest BCUT2D eigenvalue weighted by molar-refractivity contribution is 9.10. The summed E-state index contributed by atoms with van der Waals surface area (Å²) in [6.45, 7) is 0. The molecule has 0 spiro atoms. The molecule has 0 fully saturated rings. The number of amidine groups is 1.